The maximum absolute atomic E-state index is 7.48. The van der Waals surface area contributed by atoms with E-state index in [2.05, 4.69) is 15.1 Å². The summed E-state index contributed by atoms with van der Waals surface area (Å²) in [5.74, 6) is -0.343. The third-order valence-corrected chi connectivity index (χ3v) is 1.89. The van der Waals surface area contributed by atoms with Gasteiger partial charge in [-0.15, -0.1) is 0 Å². The molecule has 5 heteroatoms. The van der Waals surface area contributed by atoms with Crippen molar-refractivity contribution in [1.29, 1.82) is 0 Å². The Labute approximate surface area is 103 Å². The van der Waals surface area contributed by atoms with Crippen molar-refractivity contribution in [2.45, 2.75) is 20.6 Å². The highest BCUT2D eigenvalue weighted by molar-refractivity contribution is 5.46. The van der Waals surface area contributed by atoms with Gasteiger partial charge in [-0.2, -0.15) is 14.6 Å². The molecule has 0 aliphatic rings. The van der Waals surface area contributed by atoms with Crippen molar-refractivity contribution in [3.63, 3.8) is 0 Å². The Morgan fingerprint density at radius 1 is 1.53 bits per heavy atom. The Morgan fingerprint density at radius 3 is 3.13 bits per heavy atom. The van der Waals surface area contributed by atoms with Gasteiger partial charge in [0.1, 0.15) is 13.5 Å². The molecule has 0 aliphatic heterocycles. The van der Waals surface area contributed by atoms with Crippen LogP contribution in [0, 0.1) is 6.85 Å². The lowest BCUT2D eigenvalue weighted by atomic mass is 10.4. The van der Waals surface area contributed by atoms with Gasteiger partial charge in [0, 0.05) is 37.2 Å². The van der Waals surface area contributed by atoms with Crippen LogP contribution in [0.5, 0.6) is 0 Å². The summed E-state index contributed by atoms with van der Waals surface area (Å²) in [6.07, 6.45) is -0.459. The summed E-state index contributed by atoms with van der Waals surface area (Å²) >= 11 is 0. The number of rotatable bonds is 3. The molecule has 80 valence electrons. The zero-order valence-electron chi connectivity index (χ0n) is 17.7. The van der Waals surface area contributed by atoms with E-state index in [0.29, 0.717) is 0 Å². The number of aromatic nitrogens is 4. The highest BCUT2D eigenvalue weighted by atomic mass is 15.4. The van der Waals surface area contributed by atoms with E-state index in [4.69, 9.17) is 13.7 Å². The molecule has 0 fully saturated rings. The molecular weight excluding hydrogens is 190 g/mol. The summed E-state index contributed by atoms with van der Waals surface area (Å²) in [4.78, 5) is 8.46. The fraction of sp³-hybridized carbons (Fsp3) is 0.500. The zero-order valence-corrected chi connectivity index (χ0v) is 7.73. The lowest BCUT2D eigenvalue weighted by Crippen LogP contribution is -2.25. The van der Waals surface area contributed by atoms with Crippen molar-refractivity contribution in [1.82, 2.24) is 19.6 Å². The van der Waals surface area contributed by atoms with Crippen LogP contribution in [0.2, 0.25) is 0 Å². The average molecular weight is 215 g/mol. The molecule has 2 heterocycles. The molecule has 15 heavy (non-hydrogen) atoms. The minimum atomic E-state index is -2.63. The van der Waals surface area contributed by atoms with E-state index >= 15 is 0 Å². The lowest BCUT2D eigenvalue weighted by Gasteiger charge is -2.21. The van der Waals surface area contributed by atoms with Gasteiger partial charge in [-0.3, -0.25) is 0 Å². The molecule has 0 N–H and O–H groups in total. The van der Waals surface area contributed by atoms with E-state index in [9.17, 15) is 0 Å². The van der Waals surface area contributed by atoms with E-state index in [-0.39, 0.29) is 11.6 Å². The van der Waals surface area contributed by atoms with Crippen LogP contribution in [0.3, 0.4) is 0 Å². The van der Waals surface area contributed by atoms with Gasteiger partial charge in [-0.25, -0.2) is 4.98 Å². The normalized spacial score (nSPS) is 23.2. The van der Waals surface area contributed by atoms with Gasteiger partial charge in [0.25, 0.3) is 5.78 Å². The second kappa shape index (κ2) is 3.84. The molecule has 0 bridgehead atoms. The highest BCUT2D eigenvalue weighted by Crippen LogP contribution is 2.14. The number of anilines is 1. The first-order valence-electron chi connectivity index (χ1n) is 9.16. The minimum Gasteiger partial charge on any atom is -0.357 e. The topological polar surface area (TPSA) is 46.3 Å². The summed E-state index contributed by atoms with van der Waals surface area (Å²) in [5.41, 5.74) is -0.400. The number of hydrogen-bond acceptors (Lipinski definition) is 4. The highest BCUT2D eigenvalue weighted by Gasteiger charge is 2.09. The summed E-state index contributed by atoms with van der Waals surface area (Å²) < 4.78 is 75.3. The first-order chi connectivity index (χ1) is 11.2. The van der Waals surface area contributed by atoms with E-state index < -0.39 is 45.6 Å². The van der Waals surface area contributed by atoms with Gasteiger partial charge in [0.2, 0.25) is 0 Å². The van der Waals surface area contributed by atoms with Crippen molar-refractivity contribution in [3.05, 3.63) is 18.1 Å². The van der Waals surface area contributed by atoms with E-state index in [1.165, 1.54) is 0 Å². The lowest BCUT2D eigenvalue weighted by molar-refractivity contribution is 0.796. The minimum absolute atomic E-state index is 0.116. The Kier molecular flexibility index (Phi) is 0.880. The van der Waals surface area contributed by atoms with Crippen LogP contribution in [-0.4, -0.2) is 32.7 Å². The molecule has 0 saturated heterocycles. The second-order valence-electron chi connectivity index (χ2n) is 2.78. The predicted octanol–water partition coefficient (Wildman–Crippen LogP) is 1.28. The van der Waals surface area contributed by atoms with E-state index in [1.807, 2.05) is 0 Å². The van der Waals surface area contributed by atoms with Gasteiger partial charge in [0.15, 0.2) is 0 Å². The van der Waals surface area contributed by atoms with Crippen LogP contribution in [0.15, 0.2) is 12.4 Å². The van der Waals surface area contributed by atoms with Crippen molar-refractivity contribution >= 4 is 11.6 Å². The monoisotopic (exact) mass is 215 g/mol. The molecule has 0 aromatic carbocycles. The van der Waals surface area contributed by atoms with Gasteiger partial charge in [0.05, 0.1) is 0 Å². The van der Waals surface area contributed by atoms with Crippen LogP contribution < -0.4 is 4.90 Å². The van der Waals surface area contributed by atoms with Crippen LogP contribution in [0.25, 0.3) is 5.78 Å². The van der Waals surface area contributed by atoms with Gasteiger partial charge < -0.3 is 4.90 Å². The van der Waals surface area contributed by atoms with E-state index in [1.54, 1.807) is 0 Å². The van der Waals surface area contributed by atoms with Gasteiger partial charge >= 0.3 is 0 Å². The molecule has 2 aromatic rings. The zero-order chi connectivity index (χ0) is 19.2. The van der Waals surface area contributed by atoms with E-state index in [0.717, 1.165) is 15.5 Å². The fourth-order valence-corrected chi connectivity index (χ4v) is 1.20. The van der Waals surface area contributed by atoms with Crippen molar-refractivity contribution < 1.29 is 13.7 Å². The SMILES string of the molecule is [2H]c1nc2nc(C([2H])([2H])[2H])cc(N(CC([2H])([2H])[2H])CC([2H])([2H])[2H])n2n1. The van der Waals surface area contributed by atoms with Crippen molar-refractivity contribution in [2.75, 3.05) is 18.0 Å². The molecule has 5 nitrogen and oxygen atoms in total. The summed E-state index contributed by atoms with van der Waals surface area (Å²) in [6, 6.07) is 1.05. The summed E-state index contributed by atoms with van der Waals surface area (Å²) in [5, 5.41) is 3.73. The largest absolute Gasteiger partial charge is 0.357 e. The number of aryl methyl sites for hydroxylation is 1. The number of nitrogens with zero attached hydrogens (tertiary/aromatic N) is 5. The molecule has 0 aliphatic carbocycles. The van der Waals surface area contributed by atoms with Gasteiger partial charge in [-0.05, 0) is 20.6 Å². The second-order valence-corrected chi connectivity index (χ2v) is 2.78. The molecule has 2 rings (SSSR count). The Morgan fingerprint density at radius 2 is 2.40 bits per heavy atom. The van der Waals surface area contributed by atoms with Crippen LogP contribution in [-0.2, 0) is 0 Å². The fourth-order valence-electron chi connectivity index (χ4n) is 1.20. The standard InChI is InChI=1S/C10H15N5/c1-4-14(5-2)9-6-8(3)13-10-11-7-12-15(9)10/h6-7H,4-5H2,1-3H3/i1D3,2D3,3D3,7D. The number of hydrogen-bond donors (Lipinski definition) is 0. The van der Waals surface area contributed by atoms with Crippen LogP contribution >= 0.6 is 0 Å². The Hall–Kier alpha value is -1.65. The van der Waals surface area contributed by atoms with Gasteiger partial charge in [-0.1, -0.05) is 0 Å². The summed E-state index contributed by atoms with van der Waals surface area (Å²) in [7, 11) is 0. The maximum Gasteiger partial charge on any atom is 0.254 e. The quantitative estimate of drug-likeness (QED) is 0.773. The molecular formula is C10H15N5. The maximum atomic E-state index is 7.48. The number of fused-ring (bicyclic) bond motifs is 1. The van der Waals surface area contributed by atoms with Crippen LogP contribution in [0.4, 0.5) is 5.82 Å². The summed E-state index contributed by atoms with van der Waals surface area (Å²) in [6.45, 7) is -8.96. The first kappa shape index (κ1) is 3.43. The molecule has 0 atom stereocenters. The van der Waals surface area contributed by atoms with Crippen LogP contribution in [0.1, 0.15) is 33.1 Å². The average Bonchev–Trinajstić information content (AvgIpc) is 2.72. The molecule has 2 aromatic heterocycles. The smallest absolute Gasteiger partial charge is 0.254 e. The third kappa shape index (κ3) is 1.65. The Bertz CT molecular complexity index is 742. The Balaban J connectivity index is 2.67. The molecule has 0 spiro atoms. The molecule has 0 unspecified atom stereocenters. The molecule has 0 saturated carbocycles. The first-order valence-corrected chi connectivity index (χ1v) is 4.16. The van der Waals surface area contributed by atoms with Crippen molar-refractivity contribution in [3.8, 4) is 0 Å². The molecule has 0 amide bonds. The third-order valence-electron chi connectivity index (χ3n) is 1.89. The van der Waals surface area contributed by atoms with Crippen molar-refractivity contribution in [2.24, 2.45) is 0 Å². The predicted molar refractivity (Wildman–Crippen MR) is 59.1 cm³/mol. The molecule has 0 radical (unpaired) electrons.